The summed E-state index contributed by atoms with van der Waals surface area (Å²) >= 11 is 0. The van der Waals surface area contributed by atoms with Gasteiger partial charge >= 0.3 is 0 Å². The molecule has 1 aromatic heterocycles. The lowest BCUT2D eigenvalue weighted by Crippen LogP contribution is -2.71. The number of benzene rings is 1. The predicted molar refractivity (Wildman–Crippen MR) is 85.6 cm³/mol. The van der Waals surface area contributed by atoms with E-state index >= 15 is 0 Å². The van der Waals surface area contributed by atoms with Crippen molar-refractivity contribution in [2.24, 2.45) is 11.8 Å². The van der Waals surface area contributed by atoms with Gasteiger partial charge < -0.3 is 15.0 Å². The van der Waals surface area contributed by atoms with Crippen molar-refractivity contribution in [3.8, 4) is 5.75 Å². The number of hydrogen-bond acceptors (Lipinski definition) is 3. The van der Waals surface area contributed by atoms with Gasteiger partial charge in [-0.15, -0.1) is 0 Å². The van der Waals surface area contributed by atoms with Crippen LogP contribution in [-0.2, 0) is 6.61 Å². The largest absolute Gasteiger partial charge is 0.483 e. The Morgan fingerprint density at radius 1 is 1.25 bits per heavy atom. The minimum absolute atomic E-state index is 0.0105. The van der Waals surface area contributed by atoms with Crippen molar-refractivity contribution in [3.05, 3.63) is 64.1 Å². The van der Waals surface area contributed by atoms with Crippen molar-refractivity contribution >= 4 is 5.91 Å². The number of amides is 1. The number of ether oxygens (including phenoxy) is 1. The average Bonchev–Trinajstić information content (AvgIpc) is 2.57. The molecule has 1 amide bonds. The zero-order valence-corrected chi connectivity index (χ0v) is 12.9. The number of hydrogen-bond donors (Lipinski definition) is 2. The fourth-order valence-electron chi connectivity index (χ4n) is 3.31. The maximum absolute atomic E-state index is 13.3. The molecule has 1 heterocycles. The molecule has 0 saturated heterocycles. The second kappa shape index (κ2) is 5.78. The first-order valence-electron chi connectivity index (χ1n) is 7.98. The normalized spacial score (nSPS) is 26.9. The third kappa shape index (κ3) is 2.38. The zero-order valence-electron chi connectivity index (χ0n) is 12.9. The van der Waals surface area contributed by atoms with Crippen molar-refractivity contribution < 1.29 is 13.9 Å². The molecule has 1 aromatic carbocycles. The molecular weight excluding hydrogens is 311 g/mol. The van der Waals surface area contributed by atoms with E-state index < -0.39 is 12.1 Å². The van der Waals surface area contributed by atoms with Crippen molar-refractivity contribution in [1.29, 1.82) is 0 Å². The van der Waals surface area contributed by atoms with Gasteiger partial charge in [0.1, 0.15) is 12.8 Å². The van der Waals surface area contributed by atoms with Crippen LogP contribution in [0.15, 0.2) is 47.4 Å². The van der Waals surface area contributed by atoms with Gasteiger partial charge in [0, 0.05) is 30.1 Å². The third-order valence-electron chi connectivity index (χ3n) is 4.95. The number of pyridine rings is 1. The van der Waals surface area contributed by atoms with Gasteiger partial charge in [0.25, 0.3) is 5.91 Å². The van der Waals surface area contributed by atoms with E-state index in [-0.39, 0.29) is 41.4 Å². The van der Waals surface area contributed by atoms with Crippen LogP contribution in [0.3, 0.4) is 0 Å². The monoisotopic (exact) mass is 328 g/mol. The first kappa shape index (κ1) is 14.9. The van der Waals surface area contributed by atoms with Crippen LogP contribution in [-0.4, -0.2) is 23.1 Å². The van der Waals surface area contributed by atoms with Crippen molar-refractivity contribution in [3.63, 3.8) is 0 Å². The average molecular weight is 328 g/mol. The number of carbonyl (C=O) groups excluding carboxylic acids is 1. The molecule has 5 rings (SSSR count). The summed E-state index contributed by atoms with van der Waals surface area (Å²) in [5.41, 5.74) is 0.615. The molecule has 6 heteroatoms. The summed E-state index contributed by atoms with van der Waals surface area (Å²) in [5.74, 6) is -0.600. The summed E-state index contributed by atoms with van der Waals surface area (Å²) < 4.78 is 18.9. The van der Waals surface area contributed by atoms with Gasteiger partial charge in [-0.2, -0.15) is 0 Å². The highest BCUT2D eigenvalue weighted by Gasteiger charge is 2.62. The van der Waals surface area contributed by atoms with Gasteiger partial charge in [0.15, 0.2) is 11.4 Å². The second-order valence-electron chi connectivity index (χ2n) is 6.33. The quantitative estimate of drug-likeness (QED) is 0.882. The minimum atomic E-state index is -0.793. The molecule has 0 aliphatic heterocycles. The maximum Gasteiger partial charge on any atom is 0.271 e. The minimum Gasteiger partial charge on any atom is -0.483 e. The molecule has 5 nitrogen and oxygen atoms in total. The van der Waals surface area contributed by atoms with Gasteiger partial charge in [0.2, 0.25) is 5.43 Å². The van der Waals surface area contributed by atoms with Crippen LogP contribution in [0.25, 0.3) is 0 Å². The first-order valence-corrected chi connectivity index (χ1v) is 7.98. The third-order valence-corrected chi connectivity index (χ3v) is 4.95. The topological polar surface area (TPSA) is 71.2 Å². The highest BCUT2D eigenvalue weighted by Crippen LogP contribution is 2.55. The smallest absolute Gasteiger partial charge is 0.271 e. The lowest BCUT2D eigenvalue weighted by molar-refractivity contribution is -0.135. The van der Waals surface area contributed by atoms with E-state index in [2.05, 4.69) is 10.3 Å². The molecule has 124 valence electrons. The van der Waals surface area contributed by atoms with Gasteiger partial charge in [-0.05, 0) is 12.0 Å². The summed E-state index contributed by atoms with van der Waals surface area (Å²) in [5, 5.41) is 2.80. The fraction of sp³-hybridized carbons (Fsp3) is 0.333. The number of aromatic nitrogens is 1. The Morgan fingerprint density at radius 2 is 2.00 bits per heavy atom. The molecule has 3 fully saturated rings. The molecule has 3 aliphatic carbocycles. The molecule has 2 unspecified atom stereocenters. The van der Waals surface area contributed by atoms with Crippen LogP contribution in [0.2, 0.25) is 0 Å². The van der Waals surface area contributed by atoms with E-state index in [1.54, 1.807) is 0 Å². The maximum atomic E-state index is 13.3. The summed E-state index contributed by atoms with van der Waals surface area (Å²) in [4.78, 5) is 27.3. The van der Waals surface area contributed by atoms with E-state index in [1.165, 1.54) is 12.3 Å². The first-order chi connectivity index (χ1) is 11.6. The van der Waals surface area contributed by atoms with Gasteiger partial charge in [-0.25, -0.2) is 4.39 Å². The van der Waals surface area contributed by atoms with E-state index in [0.717, 1.165) is 12.0 Å². The Bertz CT molecular complexity index is 811. The molecule has 3 saturated carbocycles. The van der Waals surface area contributed by atoms with Gasteiger partial charge in [0.05, 0.1) is 0 Å². The number of H-pyrrole nitrogens is 1. The number of halogens is 1. The van der Waals surface area contributed by atoms with Crippen molar-refractivity contribution in [2.45, 2.75) is 25.2 Å². The second-order valence-corrected chi connectivity index (χ2v) is 6.33. The van der Waals surface area contributed by atoms with E-state index in [0.29, 0.717) is 0 Å². The molecule has 24 heavy (non-hydrogen) atoms. The Hall–Kier alpha value is -2.63. The number of nitrogens with one attached hydrogen (secondary N) is 2. The Kier molecular flexibility index (Phi) is 3.59. The van der Waals surface area contributed by atoms with Crippen LogP contribution < -0.4 is 15.5 Å². The molecule has 2 bridgehead atoms. The number of rotatable bonds is 5. The lowest BCUT2D eigenvalue weighted by atomic mass is 9.50. The number of aromatic amines is 1. The SMILES string of the molecule is O=C(NC1C2CC1C2F)c1[nH]ccc(=O)c1OCc1ccccc1. The summed E-state index contributed by atoms with van der Waals surface area (Å²) in [6.45, 7) is 0.190. The zero-order chi connectivity index (χ0) is 16.7. The summed E-state index contributed by atoms with van der Waals surface area (Å²) in [7, 11) is 0. The number of alkyl halides is 1. The van der Waals surface area contributed by atoms with Crippen molar-refractivity contribution in [1.82, 2.24) is 10.3 Å². The van der Waals surface area contributed by atoms with Crippen LogP contribution in [0.5, 0.6) is 5.75 Å². The van der Waals surface area contributed by atoms with E-state index in [9.17, 15) is 14.0 Å². The van der Waals surface area contributed by atoms with Crippen LogP contribution >= 0.6 is 0 Å². The van der Waals surface area contributed by atoms with Crippen molar-refractivity contribution in [2.75, 3.05) is 0 Å². The highest BCUT2D eigenvalue weighted by molar-refractivity contribution is 5.95. The summed E-state index contributed by atoms with van der Waals surface area (Å²) in [6.07, 6.45) is 1.44. The molecule has 3 aliphatic rings. The van der Waals surface area contributed by atoms with Crippen LogP contribution in [0.1, 0.15) is 22.5 Å². The van der Waals surface area contributed by atoms with E-state index in [4.69, 9.17) is 4.74 Å². The molecule has 0 radical (unpaired) electrons. The van der Waals surface area contributed by atoms with Crippen LogP contribution in [0, 0.1) is 11.8 Å². The van der Waals surface area contributed by atoms with Crippen LogP contribution in [0.4, 0.5) is 4.39 Å². The van der Waals surface area contributed by atoms with Gasteiger partial charge in [-0.3, -0.25) is 9.59 Å². The number of carbonyl (C=O) groups is 1. The molecular formula is C18H17FN2O3. The Labute approximate surface area is 137 Å². The highest BCUT2D eigenvalue weighted by atomic mass is 19.1. The molecule has 2 atom stereocenters. The van der Waals surface area contributed by atoms with E-state index in [1.807, 2.05) is 30.3 Å². The predicted octanol–water partition coefficient (Wildman–Crippen LogP) is 2.04. The summed E-state index contributed by atoms with van der Waals surface area (Å²) in [6, 6.07) is 10.6. The Morgan fingerprint density at radius 3 is 2.67 bits per heavy atom. The van der Waals surface area contributed by atoms with Gasteiger partial charge in [-0.1, -0.05) is 30.3 Å². The molecule has 2 aromatic rings. The Balaban J connectivity index is 1.49. The molecule has 0 spiro atoms. The lowest BCUT2D eigenvalue weighted by Gasteiger charge is -2.60. The fourth-order valence-corrected chi connectivity index (χ4v) is 3.31. The molecule has 2 N–H and O–H groups in total. The standard InChI is InChI=1S/C18H17FN2O3/c19-14-11-8-12(14)15(11)21-18(23)16-17(13(22)6-7-20-16)24-9-10-4-2-1-3-5-10/h1-7,11-12,14-15H,8-9H2,(H,20,22)(H,21,23).